The molecule has 2 amide bonds. The monoisotopic (exact) mass is 488 g/mol. The van der Waals surface area contributed by atoms with E-state index in [0.29, 0.717) is 42.7 Å². The number of amides is 2. The molecule has 1 aliphatic rings. The van der Waals surface area contributed by atoms with Crippen LogP contribution >= 0.6 is 0 Å². The summed E-state index contributed by atoms with van der Waals surface area (Å²) in [6, 6.07) is 17.6. The number of aliphatic hydroxyl groups excluding tert-OH is 1. The van der Waals surface area contributed by atoms with E-state index in [-0.39, 0.29) is 29.9 Å². The van der Waals surface area contributed by atoms with E-state index in [4.69, 9.17) is 0 Å². The summed E-state index contributed by atoms with van der Waals surface area (Å²) >= 11 is 0. The Morgan fingerprint density at radius 1 is 0.944 bits per heavy atom. The highest BCUT2D eigenvalue weighted by Gasteiger charge is 2.51. The molecule has 188 valence electrons. The third-order valence-corrected chi connectivity index (χ3v) is 6.80. The maximum atomic E-state index is 13.2. The van der Waals surface area contributed by atoms with E-state index in [1.807, 2.05) is 44.2 Å². The minimum Gasteiger partial charge on any atom is -0.504 e. The molecule has 0 bridgehead atoms. The molecule has 7 nitrogen and oxygen atoms in total. The molecule has 1 fully saturated rings. The van der Waals surface area contributed by atoms with Crippen LogP contribution in [0.25, 0.3) is 11.1 Å². The topological polar surface area (TPSA) is 110 Å². The molecule has 0 aromatic heterocycles. The number of carbonyl (C=O) groups excluding carboxylic acids is 2. The Balaban J connectivity index is 1.53. The van der Waals surface area contributed by atoms with Gasteiger partial charge in [-0.1, -0.05) is 31.2 Å². The summed E-state index contributed by atoms with van der Waals surface area (Å²) in [7, 11) is 0. The SMILES string of the molecule is CCCN(CCO)C(=O)c1ccc(-c2cc(NC(=O)C3(c4ccc(O)c(O)c4)CC3)ccc2C)cc1. The van der Waals surface area contributed by atoms with Gasteiger partial charge < -0.3 is 25.5 Å². The number of phenols is 2. The lowest BCUT2D eigenvalue weighted by Gasteiger charge is -2.21. The Morgan fingerprint density at radius 3 is 2.28 bits per heavy atom. The summed E-state index contributed by atoms with van der Waals surface area (Å²) in [5.74, 6) is -0.703. The standard InChI is InChI=1S/C29H32N2O5/c1-3-14-31(15-16-32)27(35)21-7-5-20(6-8-21)24-18-23(10-4-19(24)2)30-28(36)29(12-13-29)22-9-11-25(33)26(34)17-22/h4-11,17-18,32-34H,3,12-16H2,1-2H3,(H,30,36). The van der Waals surface area contributed by atoms with Gasteiger partial charge >= 0.3 is 0 Å². The Kier molecular flexibility index (Phi) is 7.31. The molecule has 1 saturated carbocycles. The molecule has 0 atom stereocenters. The van der Waals surface area contributed by atoms with Crippen molar-refractivity contribution in [3.05, 3.63) is 77.4 Å². The molecule has 0 heterocycles. The zero-order valence-corrected chi connectivity index (χ0v) is 20.6. The van der Waals surface area contributed by atoms with Crippen molar-refractivity contribution in [1.82, 2.24) is 4.90 Å². The number of hydrogen-bond acceptors (Lipinski definition) is 5. The predicted molar refractivity (Wildman–Crippen MR) is 139 cm³/mol. The van der Waals surface area contributed by atoms with Gasteiger partial charge in [0, 0.05) is 24.3 Å². The first-order valence-electron chi connectivity index (χ1n) is 12.2. The molecule has 3 aromatic carbocycles. The van der Waals surface area contributed by atoms with Gasteiger partial charge in [0.15, 0.2) is 11.5 Å². The number of carbonyl (C=O) groups is 2. The average Bonchev–Trinajstić information content (AvgIpc) is 3.69. The van der Waals surface area contributed by atoms with E-state index < -0.39 is 5.41 Å². The highest BCUT2D eigenvalue weighted by Crippen LogP contribution is 2.50. The quantitative estimate of drug-likeness (QED) is 0.330. The van der Waals surface area contributed by atoms with Crippen LogP contribution in [0.3, 0.4) is 0 Å². The Labute approximate surface area is 211 Å². The maximum Gasteiger partial charge on any atom is 0.253 e. The fourth-order valence-electron chi connectivity index (χ4n) is 4.53. The maximum absolute atomic E-state index is 13.2. The normalized spacial score (nSPS) is 13.8. The zero-order valence-electron chi connectivity index (χ0n) is 20.6. The second kappa shape index (κ2) is 10.4. The first-order valence-corrected chi connectivity index (χ1v) is 12.2. The van der Waals surface area contributed by atoms with E-state index in [1.54, 1.807) is 23.1 Å². The zero-order chi connectivity index (χ0) is 25.9. The average molecular weight is 489 g/mol. The van der Waals surface area contributed by atoms with Crippen molar-refractivity contribution in [3.63, 3.8) is 0 Å². The molecule has 7 heteroatoms. The van der Waals surface area contributed by atoms with Crippen molar-refractivity contribution in [1.29, 1.82) is 0 Å². The summed E-state index contributed by atoms with van der Waals surface area (Å²) in [5, 5.41) is 31.8. The Morgan fingerprint density at radius 2 is 1.67 bits per heavy atom. The summed E-state index contributed by atoms with van der Waals surface area (Å²) < 4.78 is 0. The minimum absolute atomic E-state index is 0.0727. The molecule has 0 radical (unpaired) electrons. The van der Waals surface area contributed by atoms with E-state index in [9.17, 15) is 24.9 Å². The van der Waals surface area contributed by atoms with Gasteiger partial charge in [-0.05, 0) is 84.8 Å². The van der Waals surface area contributed by atoms with Crippen molar-refractivity contribution in [2.24, 2.45) is 0 Å². The number of rotatable bonds is 9. The predicted octanol–water partition coefficient (Wildman–Crippen LogP) is 4.59. The van der Waals surface area contributed by atoms with Gasteiger partial charge in [0.05, 0.1) is 12.0 Å². The lowest BCUT2D eigenvalue weighted by atomic mass is 9.94. The Bertz CT molecular complexity index is 1260. The molecule has 0 spiro atoms. The third kappa shape index (κ3) is 5.06. The van der Waals surface area contributed by atoms with E-state index >= 15 is 0 Å². The minimum atomic E-state index is -0.711. The Hall–Kier alpha value is -3.84. The lowest BCUT2D eigenvalue weighted by Crippen LogP contribution is -2.34. The fourth-order valence-corrected chi connectivity index (χ4v) is 4.53. The van der Waals surface area contributed by atoms with Crippen LogP contribution in [0.5, 0.6) is 11.5 Å². The van der Waals surface area contributed by atoms with Gasteiger partial charge in [-0.3, -0.25) is 9.59 Å². The van der Waals surface area contributed by atoms with Gasteiger partial charge in [0.2, 0.25) is 5.91 Å². The summed E-state index contributed by atoms with van der Waals surface area (Å²) in [6.45, 7) is 4.81. The molecular weight excluding hydrogens is 456 g/mol. The fraction of sp³-hybridized carbons (Fsp3) is 0.310. The molecule has 1 aliphatic carbocycles. The number of anilines is 1. The van der Waals surface area contributed by atoms with E-state index in [0.717, 1.165) is 23.1 Å². The molecule has 0 aliphatic heterocycles. The van der Waals surface area contributed by atoms with Crippen LogP contribution in [0.15, 0.2) is 60.7 Å². The largest absolute Gasteiger partial charge is 0.504 e. The number of aryl methyl sites for hydroxylation is 1. The molecule has 0 saturated heterocycles. The highest BCUT2D eigenvalue weighted by molar-refractivity contribution is 6.02. The number of nitrogens with one attached hydrogen (secondary N) is 1. The van der Waals surface area contributed by atoms with Crippen molar-refractivity contribution in [3.8, 4) is 22.6 Å². The van der Waals surface area contributed by atoms with E-state index in [1.165, 1.54) is 12.1 Å². The number of phenolic OH excluding ortho intramolecular Hbond substituents is 2. The molecular formula is C29H32N2O5. The van der Waals surface area contributed by atoms with Crippen LogP contribution in [0.1, 0.15) is 47.7 Å². The first kappa shape index (κ1) is 25.3. The van der Waals surface area contributed by atoms with Gasteiger partial charge in [-0.15, -0.1) is 0 Å². The molecule has 4 rings (SSSR count). The van der Waals surface area contributed by atoms with Crippen molar-refractivity contribution in [2.45, 2.75) is 38.5 Å². The number of hydrogen-bond donors (Lipinski definition) is 4. The highest BCUT2D eigenvalue weighted by atomic mass is 16.3. The van der Waals surface area contributed by atoms with Gasteiger partial charge in [0.25, 0.3) is 5.91 Å². The molecule has 4 N–H and O–H groups in total. The van der Waals surface area contributed by atoms with Crippen LogP contribution < -0.4 is 5.32 Å². The number of aliphatic hydroxyl groups is 1. The van der Waals surface area contributed by atoms with Crippen molar-refractivity contribution in [2.75, 3.05) is 25.0 Å². The van der Waals surface area contributed by atoms with Gasteiger partial charge in [-0.25, -0.2) is 0 Å². The summed E-state index contributed by atoms with van der Waals surface area (Å²) in [4.78, 5) is 27.7. The summed E-state index contributed by atoms with van der Waals surface area (Å²) in [6.07, 6.45) is 2.15. The lowest BCUT2D eigenvalue weighted by molar-refractivity contribution is -0.118. The number of nitrogens with zero attached hydrogens (tertiary/aromatic N) is 1. The number of aromatic hydroxyl groups is 2. The number of benzene rings is 3. The first-order chi connectivity index (χ1) is 17.3. The van der Waals surface area contributed by atoms with Crippen LogP contribution in [-0.2, 0) is 10.2 Å². The van der Waals surface area contributed by atoms with Crippen LogP contribution in [0, 0.1) is 6.92 Å². The summed E-state index contributed by atoms with van der Waals surface area (Å²) in [5.41, 5.74) is 4.10. The van der Waals surface area contributed by atoms with E-state index in [2.05, 4.69) is 5.32 Å². The molecule has 0 unspecified atom stereocenters. The molecule has 3 aromatic rings. The van der Waals surface area contributed by atoms with Crippen LogP contribution in [-0.4, -0.2) is 51.7 Å². The van der Waals surface area contributed by atoms with Crippen LogP contribution in [0.2, 0.25) is 0 Å². The second-order valence-electron chi connectivity index (χ2n) is 9.36. The second-order valence-corrected chi connectivity index (χ2v) is 9.36. The van der Waals surface area contributed by atoms with Crippen molar-refractivity contribution < 1.29 is 24.9 Å². The van der Waals surface area contributed by atoms with Gasteiger partial charge in [-0.2, -0.15) is 0 Å². The smallest absolute Gasteiger partial charge is 0.253 e. The van der Waals surface area contributed by atoms with Crippen LogP contribution in [0.4, 0.5) is 5.69 Å². The molecule has 36 heavy (non-hydrogen) atoms. The van der Waals surface area contributed by atoms with Gasteiger partial charge in [0.1, 0.15) is 0 Å². The third-order valence-electron chi connectivity index (χ3n) is 6.80. The van der Waals surface area contributed by atoms with Crippen molar-refractivity contribution >= 4 is 17.5 Å².